The second kappa shape index (κ2) is 6.61. The number of hydrogen-bond acceptors (Lipinski definition) is 3. The molecule has 0 bridgehead atoms. The molecule has 0 saturated carbocycles. The minimum Gasteiger partial charge on any atom is -0.465 e. The van der Waals surface area contributed by atoms with Gasteiger partial charge in [0.1, 0.15) is 5.82 Å². The van der Waals surface area contributed by atoms with Gasteiger partial charge in [-0.05, 0) is 54.3 Å². The van der Waals surface area contributed by atoms with E-state index in [2.05, 4.69) is 5.32 Å². The molecule has 1 amide bonds. The smallest absolute Gasteiger partial charge is 0.337 e. The molecule has 0 heterocycles. The first-order valence-corrected chi connectivity index (χ1v) is 7.84. The Labute approximate surface area is 143 Å². The highest BCUT2D eigenvalue weighted by atomic mass is 35.5. The maximum absolute atomic E-state index is 13.8. The van der Waals surface area contributed by atoms with E-state index in [1.165, 1.54) is 19.2 Å². The van der Waals surface area contributed by atoms with Gasteiger partial charge < -0.3 is 10.1 Å². The van der Waals surface area contributed by atoms with Gasteiger partial charge in [0.25, 0.3) is 5.91 Å². The van der Waals surface area contributed by atoms with E-state index in [-0.39, 0.29) is 11.6 Å². The fourth-order valence-electron chi connectivity index (χ4n) is 2.90. The molecular weight excluding hydrogens is 333 g/mol. The van der Waals surface area contributed by atoms with Crippen molar-refractivity contribution in [3.8, 4) is 0 Å². The quantitative estimate of drug-likeness (QED) is 0.862. The van der Waals surface area contributed by atoms with E-state index >= 15 is 0 Å². The predicted molar refractivity (Wildman–Crippen MR) is 87.7 cm³/mol. The summed E-state index contributed by atoms with van der Waals surface area (Å²) in [7, 11) is 1.32. The molecule has 2 aromatic carbocycles. The number of halogens is 2. The standard InChI is InChI=1S/C18H15ClFNO3/c1-24-18(23)11-3-2-10-4-7-16(13(10)8-11)21-17(22)14-9-12(19)5-6-15(14)20/h2-3,5-6,8-9,16H,4,7H2,1H3,(H,21,22). The summed E-state index contributed by atoms with van der Waals surface area (Å²) in [6.07, 6.45) is 1.47. The Hall–Kier alpha value is -2.40. The van der Waals surface area contributed by atoms with Gasteiger partial charge in [0.05, 0.1) is 24.3 Å². The maximum Gasteiger partial charge on any atom is 0.337 e. The van der Waals surface area contributed by atoms with Crippen molar-refractivity contribution in [3.63, 3.8) is 0 Å². The van der Waals surface area contributed by atoms with Crippen LogP contribution in [-0.2, 0) is 11.2 Å². The van der Waals surface area contributed by atoms with Gasteiger partial charge in [-0.2, -0.15) is 0 Å². The average molecular weight is 348 g/mol. The second-order valence-electron chi connectivity index (χ2n) is 5.59. The molecule has 6 heteroatoms. The van der Waals surface area contributed by atoms with E-state index in [4.69, 9.17) is 16.3 Å². The van der Waals surface area contributed by atoms with Crippen molar-refractivity contribution in [2.45, 2.75) is 18.9 Å². The molecule has 1 N–H and O–H groups in total. The number of rotatable bonds is 3. The van der Waals surface area contributed by atoms with E-state index in [0.717, 1.165) is 23.6 Å². The van der Waals surface area contributed by atoms with Gasteiger partial charge in [-0.15, -0.1) is 0 Å². The molecule has 0 spiro atoms. The van der Waals surface area contributed by atoms with Crippen LogP contribution < -0.4 is 5.32 Å². The number of benzene rings is 2. The van der Waals surface area contributed by atoms with E-state index in [1.54, 1.807) is 12.1 Å². The van der Waals surface area contributed by atoms with Crippen LogP contribution in [0.5, 0.6) is 0 Å². The summed E-state index contributed by atoms with van der Waals surface area (Å²) in [4.78, 5) is 24.0. The molecule has 1 aliphatic carbocycles. The molecule has 0 radical (unpaired) electrons. The van der Waals surface area contributed by atoms with Crippen molar-refractivity contribution in [1.82, 2.24) is 5.32 Å². The Morgan fingerprint density at radius 2 is 2.04 bits per heavy atom. The van der Waals surface area contributed by atoms with Gasteiger partial charge in [-0.25, -0.2) is 9.18 Å². The number of hydrogen-bond donors (Lipinski definition) is 1. The number of amides is 1. The number of carbonyl (C=O) groups excluding carboxylic acids is 2. The zero-order valence-corrected chi connectivity index (χ0v) is 13.7. The number of aryl methyl sites for hydroxylation is 1. The molecule has 0 saturated heterocycles. The molecule has 3 rings (SSSR count). The average Bonchev–Trinajstić information content (AvgIpc) is 2.98. The minimum atomic E-state index is -0.626. The van der Waals surface area contributed by atoms with Gasteiger partial charge in [-0.3, -0.25) is 4.79 Å². The summed E-state index contributed by atoms with van der Waals surface area (Å²) in [5.41, 5.74) is 2.24. The molecule has 0 fully saturated rings. The van der Waals surface area contributed by atoms with Gasteiger partial charge in [-0.1, -0.05) is 17.7 Å². The van der Waals surface area contributed by atoms with Crippen LogP contribution in [0.3, 0.4) is 0 Å². The first-order valence-electron chi connectivity index (χ1n) is 7.46. The van der Waals surface area contributed by atoms with Crippen LogP contribution in [0.1, 0.15) is 44.3 Å². The highest BCUT2D eigenvalue weighted by Crippen LogP contribution is 2.32. The van der Waals surface area contributed by atoms with Gasteiger partial charge in [0.15, 0.2) is 0 Å². The zero-order valence-electron chi connectivity index (χ0n) is 12.9. The first-order chi connectivity index (χ1) is 11.5. The number of fused-ring (bicyclic) bond motifs is 1. The van der Waals surface area contributed by atoms with Gasteiger partial charge in [0, 0.05) is 5.02 Å². The van der Waals surface area contributed by atoms with Crippen LogP contribution in [0.15, 0.2) is 36.4 Å². The number of esters is 1. The Morgan fingerprint density at radius 1 is 1.25 bits per heavy atom. The fourth-order valence-corrected chi connectivity index (χ4v) is 3.08. The Morgan fingerprint density at radius 3 is 2.79 bits per heavy atom. The summed E-state index contributed by atoms with van der Waals surface area (Å²) in [6.45, 7) is 0. The van der Waals surface area contributed by atoms with Crippen LogP contribution in [0.25, 0.3) is 0 Å². The monoisotopic (exact) mass is 347 g/mol. The molecule has 4 nitrogen and oxygen atoms in total. The third kappa shape index (κ3) is 3.12. The van der Waals surface area contributed by atoms with Crippen LogP contribution in [-0.4, -0.2) is 19.0 Å². The third-order valence-electron chi connectivity index (χ3n) is 4.12. The largest absolute Gasteiger partial charge is 0.465 e. The molecule has 1 aliphatic rings. The molecule has 0 aromatic heterocycles. The van der Waals surface area contributed by atoms with Gasteiger partial charge >= 0.3 is 5.97 Å². The highest BCUT2D eigenvalue weighted by molar-refractivity contribution is 6.31. The lowest BCUT2D eigenvalue weighted by Crippen LogP contribution is -2.28. The fraction of sp³-hybridized carbons (Fsp3) is 0.222. The molecule has 1 unspecified atom stereocenters. The van der Waals surface area contributed by atoms with E-state index in [0.29, 0.717) is 17.0 Å². The summed E-state index contributed by atoms with van der Waals surface area (Å²) < 4.78 is 18.5. The normalized spacial score (nSPS) is 15.7. The minimum absolute atomic E-state index is 0.0972. The van der Waals surface area contributed by atoms with Crippen molar-refractivity contribution in [2.75, 3.05) is 7.11 Å². The van der Waals surface area contributed by atoms with Crippen LogP contribution >= 0.6 is 11.6 Å². The first kappa shape index (κ1) is 16.5. The highest BCUT2D eigenvalue weighted by Gasteiger charge is 2.26. The van der Waals surface area contributed by atoms with Crippen molar-refractivity contribution in [1.29, 1.82) is 0 Å². The Balaban J connectivity index is 1.85. The van der Waals surface area contributed by atoms with Gasteiger partial charge in [0.2, 0.25) is 0 Å². The van der Waals surface area contributed by atoms with Crippen LogP contribution in [0, 0.1) is 5.82 Å². The van der Waals surface area contributed by atoms with Crippen molar-refractivity contribution in [3.05, 3.63) is 69.5 Å². The SMILES string of the molecule is COC(=O)c1ccc2c(c1)C(NC(=O)c1cc(Cl)ccc1F)CC2. The lowest BCUT2D eigenvalue weighted by molar-refractivity contribution is 0.0600. The number of ether oxygens (including phenoxy) is 1. The second-order valence-corrected chi connectivity index (χ2v) is 6.03. The molecule has 0 aliphatic heterocycles. The predicted octanol–water partition coefficient (Wildman–Crippen LogP) is 3.68. The molecule has 124 valence electrons. The number of carbonyl (C=O) groups is 2. The summed E-state index contributed by atoms with van der Waals surface area (Å²) in [5, 5.41) is 3.11. The lowest BCUT2D eigenvalue weighted by atomic mass is 10.0. The summed E-state index contributed by atoms with van der Waals surface area (Å²) in [5.74, 6) is -1.59. The number of nitrogens with one attached hydrogen (secondary N) is 1. The summed E-state index contributed by atoms with van der Waals surface area (Å²) >= 11 is 5.83. The molecule has 24 heavy (non-hydrogen) atoms. The molecule has 2 aromatic rings. The van der Waals surface area contributed by atoms with Crippen molar-refractivity contribution < 1.29 is 18.7 Å². The number of methoxy groups -OCH3 is 1. The van der Waals surface area contributed by atoms with Crippen LogP contribution in [0.2, 0.25) is 5.02 Å². The van der Waals surface area contributed by atoms with E-state index in [9.17, 15) is 14.0 Å². The van der Waals surface area contributed by atoms with Crippen molar-refractivity contribution in [2.24, 2.45) is 0 Å². The van der Waals surface area contributed by atoms with E-state index < -0.39 is 17.7 Å². The Kier molecular flexibility index (Phi) is 4.53. The zero-order chi connectivity index (χ0) is 17.3. The van der Waals surface area contributed by atoms with E-state index in [1.807, 2.05) is 6.07 Å². The molecule has 1 atom stereocenters. The maximum atomic E-state index is 13.8. The Bertz CT molecular complexity index is 822. The lowest BCUT2D eigenvalue weighted by Gasteiger charge is -2.15. The third-order valence-corrected chi connectivity index (χ3v) is 4.36. The van der Waals surface area contributed by atoms with Crippen LogP contribution in [0.4, 0.5) is 4.39 Å². The van der Waals surface area contributed by atoms with Crippen molar-refractivity contribution >= 4 is 23.5 Å². The summed E-state index contributed by atoms with van der Waals surface area (Å²) in [6, 6.07) is 8.84. The topological polar surface area (TPSA) is 55.4 Å². The molecular formula is C18H15ClFNO3.